The first-order chi connectivity index (χ1) is 7.77. The molecular weight excluding hydrogens is 255 g/mol. The summed E-state index contributed by atoms with van der Waals surface area (Å²) in [5.74, 6) is 0. The van der Waals surface area contributed by atoms with Gasteiger partial charge < -0.3 is 13.9 Å². The van der Waals surface area contributed by atoms with E-state index >= 15 is 0 Å². The van der Waals surface area contributed by atoms with Crippen molar-refractivity contribution in [3.63, 3.8) is 0 Å². The van der Waals surface area contributed by atoms with E-state index in [0.29, 0.717) is 18.6 Å². The third kappa shape index (κ3) is 12.8. The Morgan fingerprint density at radius 3 is 2.06 bits per heavy atom. The first kappa shape index (κ1) is 17.5. The fourth-order valence-electron chi connectivity index (χ4n) is 1.30. The summed E-state index contributed by atoms with van der Waals surface area (Å²) >= 11 is 4.90. The van der Waals surface area contributed by atoms with Gasteiger partial charge in [0.25, 0.3) is 0 Å². The monoisotopic (exact) mass is 282 g/mol. The molecule has 3 nitrogen and oxygen atoms in total. The summed E-state index contributed by atoms with van der Waals surface area (Å²) in [5, 5.41) is 0. The summed E-state index contributed by atoms with van der Waals surface area (Å²) < 4.78 is 10.4. The van der Waals surface area contributed by atoms with Crippen LogP contribution in [0.2, 0.25) is 0 Å². The molecule has 0 saturated carbocycles. The van der Waals surface area contributed by atoms with Gasteiger partial charge in [-0.1, -0.05) is 40.5 Å². The smallest absolute Gasteiger partial charge is 0.324 e. The van der Waals surface area contributed by atoms with Crippen molar-refractivity contribution in [1.82, 2.24) is 0 Å². The summed E-state index contributed by atoms with van der Waals surface area (Å²) in [6, 6.07) is 0. The van der Waals surface area contributed by atoms with Crippen LogP contribution in [0.15, 0.2) is 0 Å². The predicted molar refractivity (Wildman–Crippen MR) is 76.6 cm³/mol. The number of hydrogen-bond acceptors (Lipinski definition) is 3. The zero-order chi connectivity index (χ0) is 13.4. The molecule has 0 heterocycles. The van der Waals surface area contributed by atoms with Crippen LogP contribution >= 0.6 is 6.72 Å². The van der Waals surface area contributed by atoms with Crippen molar-refractivity contribution < 1.29 is 13.9 Å². The SMILES string of the molecule is CCCCOP(O)(=S)OCCCCC(C)(C)C. The highest BCUT2D eigenvalue weighted by Gasteiger charge is 2.14. The lowest BCUT2D eigenvalue weighted by atomic mass is 9.90. The standard InChI is InChI=1S/C12H27O3PS/c1-5-6-10-14-16(13,17)15-11-8-7-9-12(2,3)4/h5-11H2,1-4H3,(H,13,17). The molecule has 0 bridgehead atoms. The highest BCUT2D eigenvalue weighted by molar-refractivity contribution is 8.07. The van der Waals surface area contributed by atoms with Gasteiger partial charge in [0.15, 0.2) is 0 Å². The maximum Gasteiger partial charge on any atom is 0.324 e. The van der Waals surface area contributed by atoms with Crippen LogP contribution in [0.4, 0.5) is 0 Å². The van der Waals surface area contributed by atoms with E-state index in [-0.39, 0.29) is 0 Å². The molecule has 0 spiro atoms. The van der Waals surface area contributed by atoms with Crippen molar-refractivity contribution in [3.05, 3.63) is 0 Å². The molecule has 0 saturated heterocycles. The van der Waals surface area contributed by atoms with E-state index in [4.69, 9.17) is 20.9 Å². The molecule has 1 unspecified atom stereocenters. The molecule has 1 atom stereocenters. The van der Waals surface area contributed by atoms with Gasteiger partial charge >= 0.3 is 6.72 Å². The lowest BCUT2D eigenvalue weighted by Gasteiger charge is -2.18. The summed E-state index contributed by atoms with van der Waals surface area (Å²) in [6.07, 6.45) is 5.11. The Balaban J connectivity index is 3.55. The zero-order valence-electron chi connectivity index (χ0n) is 11.6. The largest absolute Gasteiger partial charge is 0.324 e. The summed E-state index contributed by atoms with van der Waals surface area (Å²) in [6.45, 7) is 6.75. The molecule has 5 heteroatoms. The van der Waals surface area contributed by atoms with Crippen molar-refractivity contribution in [2.75, 3.05) is 13.2 Å². The fourth-order valence-corrected chi connectivity index (χ4v) is 2.54. The summed E-state index contributed by atoms with van der Waals surface area (Å²) in [7, 11) is 0. The maximum absolute atomic E-state index is 9.68. The average molecular weight is 282 g/mol. The first-order valence-electron chi connectivity index (χ1n) is 6.39. The van der Waals surface area contributed by atoms with Crippen molar-refractivity contribution in [3.8, 4) is 0 Å². The first-order valence-corrected chi connectivity index (χ1v) is 8.98. The molecule has 0 rings (SSSR count). The molecule has 0 aliphatic rings. The van der Waals surface area contributed by atoms with E-state index in [1.807, 2.05) is 0 Å². The van der Waals surface area contributed by atoms with Gasteiger partial charge in [-0.2, -0.15) is 0 Å². The molecule has 0 aliphatic carbocycles. The quantitative estimate of drug-likeness (QED) is 0.507. The molecule has 1 N–H and O–H groups in total. The van der Waals surface area contributed by atoms with E-state index in [0.717, 1.165) is 32.1 Å². The molecule has 104 valence electrons. The van der Waals surface area contributed by atoms with Gasteiger partial charge in [0.05, 0.1) is 13.2 Å². The second kappa shape index (κ2) is 8.60. The van der Waals surface area contributed by atoms with Crippen LogP contribution in [0.1, 0.15) is 59.8 Å². The minimum absolute atomic E-state index is 0.358. The van der Waals surface area contributed by atoms with E-state index in [9.17, 15) is 4.89 Å². The Morgan fingerprint density at radius 2 is 1.59 bits per heavy atom. The lowest BCUT2D eigenvalue weighted by molar-refractivity contribution is 0.189. The van der Waals surface area contributed by atoms with Crippen molar-refractivity contribution in [2.24, 2.45) is 5.41 Å². The molecule has 0 aliphatic heterocycles. The van der Waals surface area contributed by atoms with Crippen LogP contribution in [0.5, 0.6) is 0 Å². The molecule has 0 aromatic rings. The summed E-state index contributed by atoms with van der Waals surface area (Å²) in [5.41, 5.74) is 0.358. The van der Waals surface area contributed by atoms with Crippen LogP contribution in [0.25, 0.3) is 0 Å². The Labute approximate surface area is 111 Å². The van der Waals surface area contributed by atoms with Gasteiger partial charge in [-0.05, 0) is 36.5 Å². The van der Waals surface area contributed by atoms with Gasteiger partial charge in [-0.15, -0.1) is 0 Å². The minimum atomic E-state index is -2.97. The molecule has 0 fully saturated rings. The minimum Gasteiger partial charge on any atom is -0.324 e. The Bertz CT molecular complexity index is 238. The third-order valence-electron chi connectivity index (χ3n) is 2.33. The maximum atomic E-state index is 9.68. The molecule has 0 amide bonds. The fraction of sp³-hybridized carbons (Fsp3) is 1.00. The van der Waals surface area contributed by atoms with Crippen LogP contribution < -0.4 is 0 Å². The molecule has 0 aromatic heterocycles. The van der Waals surface area contributed by atoms with Gasteiger partial charge in [0, 0.05) is 0 Å². The second-order valence-corrected chi connectivity index (χ2v) is 8.34. The molecule has 17 heavy (non-hydrogen) atoms. The van der Waals surface area contributed by atoms with Gasteiger partial charge in [-0.25, -0.2) is 0 Å². The lowest BCUT2D eigenvalue weighted by Crippen LogP contribution is -2.05. The van der Waals surface area contributed by atoms with Crippen LogP contribution in [-0.2, 0) is 20.9 Å². The van der Waals surface area contributed by atoms with Crippen molar-refractivity contribution >= 4 is 18.5 Å². The highest BCUT2D eigenvalue weighted by Crippen LogP contribution is 2.43. The van der Waals surface area contributed by atoms with Gasteiger partial charge in [0.2, 0.25) is 0 Å². The van der Waals surface area contributed by atoms with Crippen molar-refractivity contribution in [2.45, 2.75) is 59.8 Å². The van der Waals surface area contributed by atoms with E-state index in [1.165, 1.54) is 0 Å². The average Bonchev–Trinajstić information content (AvgIpc) is 2.15. The molecular formula is C12H27O3PS. The number of unbranched alkanes of at least 4 members (excludes halogenated alkanes) is 2. The Kier molecular flexibility index (Phi) is 8.87. The zero-order valence-corrected chi connectivity index (χ0v) is 13.3. The third-order valence-corrected chi connectivity index (χ3v) is 3.98. The van der Waals surface area contributed by atoms with Gasteiger partial charge in [-0.3, -0.25) is 0 Å². The highest BCUT2D eigenvalue weighted by atomic mass is 32.5. The van der Waals surface area contributed by atoms with Gasteiger partial charge in [0.1, 0.15) is 0 Å². The van der Waals surface area contributed by atoms with E-state index in [2.05, 4.69) is 27.7 Å². The van der Waals surface area contributed by atoms with Crippen LogP contribution in [0, 0.1) is 5.41 Å². The normalized spacial score (nSPS) is 15.8. The Hall–Kier alpha value is 0.530. The second-order valence-electron chi connectivity index (χ2n) is 5.51. The summed E-state index contributed by atoms with van der Waals surface area (Å²) in [4.78, 5) is 9.68. The Morgan fingerprint density at radius 1 is 1.06 bits per heavy atom. The molecule has 0 radical (unpaired) electrons. The predicted octanol–water partition coefficient (Wildman–Crippen LogP) is 4.25. The topological polar surface area (TPSA) is 38.7 Å². The molecule has 0 aromatic carbocycles. The van der Waals surface area contributed by atoms with Crippen LogP contribution in [-0.4, -0.2) is 18.1 Å². The van der Waals surface area contributed by atoms with Crippen molar-refractivity contribution in [1.29, 1.82) is 0 Å². The number of rotatable bonds is 9. The van der Waals surface area contributed by atoms with E-state index < -0.39 is 6.72 Å². The number of hydrogen-bond donors (Lipinski definition) is 1. The van der Waals surface area contributed by atoms with E-state index in [1.54, 1.807) is 0 Å². The van der Waals surface area contributed by atoms with Crippen LogP contribution in [0.3, 0.4) is 0 Å².